The van der Waals surface area contributed by atoms with Crippen molar-refractivity contribution < 1.29 is 51.8 Å². The van der Waals surface area contributed by atoms with Crippen LogP contribution in [0.5, 0.6) is 0 Å². The number of nitrogens with two attached hydrogens (primary N) is 1. The Kier molecular flexibility index (Phi) is 30.0. The highest BCUT2D eigenvalue weighted by Crippen LogP contribution is 2.35. The van der Waals surface area contributed by atoms with Gasteiger partial charge in [0.15, 0.2) is 11.3 Å². The van der Waals surface area contributed by atoms with Gasteiger partial charge in [0.2, 0.25) is 0 Å². The average molecular weight is 1610 g/mol. The highest BCUT2D eigenvalue weighted by atomic mass is 19.1. The zero-order valence-electron chi connectivity index (χ0n) is 68.6. The Labute approximate surface area is 688 Å². The number of nitrogens with one attached hydrogen (secondary N) is 8. The molecule has 0 atom stereocenters. The van der Waals surface area contributed by atoms with Crippen molar-refractivity contribution in [2.45, 2.75) is 188 Å². The first-order chi connectivity index (χ1) is 57.1. The molecule has 0 bridgehead atoms. The minimum atomic E-state index is -0.430. The first-order valence-electron chi connectivity index (χ1n) is 41.3. The van der Waals surface area contributed by atoms with E-state index in [0.29, 0.717) is 109 Å². The normalized spacial score (nSPS) is 15.1. The van der Waals surface area contributed by atoms with Gasteiger partial charge in [-0.15, -0.1) is 0 Å². The number of anilines is 2. The number of pyridine rings is 2. The summed E-state index contributed by atoms with van der Waals surface area (Å²) >= 11 is 0. The quantitative estimate of drug-likeness (QED) is 0.0228. The van der Waals surface area contributed by atoms with Crippen molar-refractivity contribution in [3.8, 4) is 22.3 Å². The van der Waals surface area contributed by atoms with E-state index in [1.165, 1.54) is 12.1 Å². The van der Waals surface area contributed by atoms with Crippen LogP contribution in [0.1, 0.15) is 191 Å². The number of aromatic nitrogens is 6. The highest BCUT2D eigenvalue weighted by molar-refractivity contribution is 6.01. The van der Waals surface area contributed by atoms with E-state index in [-0.39, 0.29) is 85.9 Å². The first-order valence-corrected chi connectivity index (χ1v) is 41.3. The third-order valence-electron chi connectivity index (χ3n) is 21.6. The molecule has 4 aromatic heterocycles. The second-order valence-corrected chi connectivity index (χ2v) is 31.2. The molecule has 8 heterocycles. The van der Waals surface area contributed by atoms with E-state index in [0.717, 1.165) is 157 Å². The lowest BCUT2D eigenvalue weighted by Crippen LogP contribution is -2.44. The third kappa shape index (κ3) is 22.9. The van der Waals surface area contributed by atoms with E-state index >= 15 is 4.39 Å². The largest absolute Gasteiger partial charge is 0.444 e. The maximum absolute atomic E-state index is 15.1. The number of piperidine rings is 2. The summed E-state index contributed by atoms with van der Waals surface area (Å²) in [6.07, 6.45) is 12.9. The lowest BCUT2D eigenvalue weighted by molar-refractivity contribution is 0.0494. The fourth-order valence-electron chi connectivity index (χ4n) is 15.1. The summed E-state index contributed by atoms with van der Waals surface area (Å²) in [6, 6.07) is 38.4. The van der Waals surface area contributed by atoms with Gasteiger partial charge in [-0.05, 0) is 226 Å². The Morgan fingerprint density at radius 3 is 1.42 bits per heavy atom. The molecule has 6 aromatic carbocycles. The number of benzene rings is 6. The number of carbonyl (C=O) groups excluding carboxylic acids is 6. The van der Waals surface area contributed by atoms with E-state index in [9.17, 15) is 33.2 Å². The molecular formula is C91H110F2N16O9. The summed E-state index contributed by atoms with van der Waals surface area (Å²) < 4.78 is 49.9. The standard InChI is InChI=1S/C43H51FN8O3.C38H39FN6O4.C10H20N2O2/c1-3-39-36(40(49-34-15-19-55-20-16-34)37-26-48-52(4-2)41(37)50-39)25-47-43(54)32-10-6-9-31(23-32)42(53)46-24-28-11-12-38(44)35(22-28)30-8-5-7-29(21-30)27-51-17-13-33(45)14-18-51;1-3-34-31(35(43-29-13-15-49-16-14-29)32-22-42-45(4-2)36(32)44-34)21-41-38(48)28-10-6-9-27(19-28)37(47)40-20-24-11-12-33(39)30(18-24)26-8-5-7-25(17-26)23-46;1-10(2,3)14-9(13)12-8-4-6-11-7-5-8/h5-12,21-23,26,33-34H,3-4,13-20,24-25,27,45H2,1-2H3,(H,46,53)(H,47,54)(H,49,50);5-12,17-19,22-23,29H,3-4,13-16,20-21H2,1-2H3,(H,40,47)(H,41,48)(H,43,44);8,11H,4-7H2,1-3H3,(H,12,13). The van der Waals surface area contributed by atoms with E-state index < -0.39 is 11.4 Å². The predicted molar refractivity (Wildman–Crippen MR) is 454 cm³/mol. The van der Waals surface area contributed by atoms with Gasteiger partial charge < -0.3 is 62.5 Å². The highest BCUT2D eigenvalue weighted by Gasteiger charge is 2.27. The molecule has 5 amide bonds. The van der Waals surface area contributed by atoms with Crippen LogP contribution in [0.4, 0.5) is 25.0 Å². The van der Waals surface area contributed by atoms with Crippen LogP contribution in [0.3, 0.4) is 0 Å². The number of aldehydes is 1. The lowest BCUT2D eigenvalue weighted by Gasteiger charge is -2.30. The fourth-order valence-corrected chi connectivity index (χ4v) is 15.1. The molecule has 4 aliphatic rings. The van der Waals surface area contributed by atoms with Crippen molar-refractivity contribution in [3.05, 3.63) is 225 Å². The molecule has 118 heavy (non-hydrogen) atoms. The molecule has 14 rings (SSSR count). The van der Waals surface area contributed by atoms with Crippen molar-refractivity contribution in [1.82, 2.24) is 66.3 Å². The minimum absolute atomic E-state index is 0.142. The van der Waals surface area contributed by atoms with Crippen molar-refractivity contribution in [3.63, 3.8) is 0 Å². The summed E-state index contributed by atoms with van der Waals surface area (Å²) in [5.41, 5.74) is 19.4. The second kappa shape index (κ2) is 41.2. The molecule has 4 aliphatic heterocycles. The second-order valence-electron chi connectivity index (χ2n) is 31.2. The molecule has 0 saturated carbocycles. The zero-order chi connectivity index (χ0) is 83.2. The van der Waals surface area contributed by atoms with Gasteiger partial charge >= 0.3 is 6.09 Å². The number of ether oxygens (including phenoxy) is 3. The van der Waals surface area contributed by atoms with Gasteiger partial charge in [0.25, 0.3) is 23.6 Å². The SMILES string of the molecule is CC(C)(C)OC(=O)NC1CCNCC1.CCc1nc2c(cnn2CC)c(NC2CCOCC2)c1CNC(=O)c1cccc(C(=O)NCc2ccc(F)c(-c3cccc(C=O)c3)c2)c1.CCc1nc2c(cnn2CC)c(NC2CCOCC2)c1CNC(=O)c1cccc(C(=O)NCc2ccc(F)c(-c3cccc(CN4CCC(N)CC4)c3)c2)c1. The number of amides is 5. The number of nitrogens with zero attached hydrogens (tertiary/aromatic N) is 7. The number of fused-ring (bicyclic) bond motifs is 2. The topological polar surface area (TPSA) is 317 Å². The van der Waals surface area contributed by atoms with Crippen molar-refractivity contribution in [1.29, 1.82) is 0 Å². The van der Waals surface area contributed by atoms with Crippen LogP contribution in [-0.4, -0.2) is 153 Å². The van der Waals surface area contributed by atoms with Crippen LogP contribution in [0.2, 0.25) is 0 Å². The number of hydrogen-bond donors (Lipinski definition) is 9. The summed E-state index contributed by atoms with van der Waals surface area (Å²) in [5.74, 6) is -2.07. The zero-order valence-corrected chi connectivity index (χ0v) is 68.6. The Bertz CT molecular complexity index is 5150. The van der Waals surface area contributed by atoms with Crippen molar-refractivity contribution >= 4 is 69.4 Å². The lowest BCUT2D eigenvalue weighted by atomic mass is 9.99. The summed E-state index contributed by atoms with van der Waals surface area (Å²) in [4.78, 5) is 88.4. The number of carbonyl (C=O) groups is 6. The molecule has 10 N–H and O–H groups in total. The molecular weight excluding hydrogens is 1500 g/mol. The molecule has 0 unspecified atom stereocenters. The number of aryl methyl sites for hydroxylation is 4. The van der Waals surface area contributed by atoms with Crippen LogP contribution >= 0.6 is 0 Å². The van der Waals surface area contributed by atoms with Crippen LogP contribution < -0.4 is 48.3 Å². The van der Waals surface area contributed by atoms with Crippen LogP contribution in [-0.2, 0) is 72.9 Å². The third-order valence-corrected chi connectivity index (χ3v) is 21.6. The molecule has 622 valence electrons. The molecule has 0 spiro atoms. The predicted octanol–water partition coefficient (Wildman–Crippen LogP) is 13.5. The molecule has 0 aliphatic carbocycles. The molecule has 27 heteroatoms. The Morgan fingerprint density at radius 2 is 0.975 bits per heavy atom. The summed E-state index contributed by atoms with van der Waals surface area (Å²) in [7, 11) is 0. The maximum atomic E-state index is 15.1. The Balaban J connectivity index is 0.000000187. The van der Waals surface area contributed by atoms with E-state index in [2.05, 4.69) is 70.6 Å². The first kappa shape index (κ1) is 86.0. The molecule has 0 radical (unpaired) electrons. The number of halogens is 2. The van der Waals surface area contributed by atoms with Gasteiger partial charge in [-0.25, -0.2) is 32.9 Å². The fraction of sp³-hybridized carbons (Fsp3) is 0.407. The van der Waals surface area contributed by atoms with Gasteiger partial charge in [-0.3, -0.25) is 28.9 Å². The van der Waals surface area contributed by atoms with Crippen molar-refractivity contribution in [2.75, 3.05) is 63.2 Å². The number of likely N-dealkylation sites (tertiary alicyclic amines) is 1. The Hall–Kier alpha value is -11.4. The average Bonchev–Trinajstić information content (AvgIpc) is 1.50. The van der Waals surface area contributed by atoms with Crippen LogP contribution in [0, 0.1) is 11.6 Å². The van der Waals surface area contributed by atoms with Gasteiger partial charge in [0, 0.05) is 158 Å². The number of hydrogen-bond acceptors (Lipinski definition) is 18. The maximum Gasteiger partial charge on any atom is 0.407 e. The van der Waals surface area contributed by atoms with Gasteiger partial charge in [-0.2, -0.15) is 10.2 Å². The summed E-state index contributed by atoms with van der Waals surface area (Å²) in [5, 5.41) is 36.5. The monoisotopic (exact) mass is 1610 g/mol. The van der Waals surface area contributed by atoms with E-state index in [4.69, 9.17) is 29.9 Å². The van der Waals surface area contributed by atoms with Crippen LogP contribution in [0.15, 0.2) is 146 Å². The number of alkyl carbamates (subject to hydrolysis) is 1. The van der Waals surface area contributed by atoms with Gasteiger partial charge in [-0.1, -0.05) is 74.5 Å². The Morgan fingerprint density at radius 1 is 0.534 bits per heavy atom. The van der Waals surface area contributed by atoms with Gasteiger partial charge in [0.05, 0.1) is 34.5 Å². The summed E-state index contributed by atoms with van der Waals surface area (Å²) in [6.45, 7) is 23.5. The van der Waals surface area contributed by atoms with Crippen molar-refractivity contribution in [2.24, 2.45) is 5.73 Å². The van der Waals surface area contributed by atoms with E-state index in [1.807, 2.05) is 81.5 Å². The van der Waals surface area contributed by atoms with E-state index in [1.54, 1.807) is 97.1 Å². The molecule has 10 aromatic rings. The minimum Gasteiger partial charge on any atom is -0.444 e. The molecule has 4 fully saturated rings. The molecule has 4 saturated heterocycles. The molecule has 25 nitrogen and oxygen atoms in total. The number of rotatable bonds is 26. The van der Waals surface area contributed by atoms with Crippen LogP contribution in [0.25, 0.3) is 44.3 Å². The van der Waals surface area contributed by atoms with Gasteiger partial charge in [0.1, 0.15) is 23.5 Å². The smallest absolute Gasteiger partial charge is 0.407 e.